The smallest absolute Gasteiger partial charge is 0.363 e. The van der Waals surface area contributed by atoms with E-state index in [-0.39, 0.29) is 41.1 Å². The van der Waals surface area contributed by atoms with Gasteiger partial charge in [0.15, 0.2) is 22.2 Å². The number of ketones is 1. The van der Waals surface area contributed by atoms with Gasteiger partial charge in [-0.05, 0) is 61.2 Å². The molecule has 0 amide bonds. The highest BCUT2D eigenvalue weighted by atomic mass is 32.1. The molecule has 0 saturated heterocycles. The summed E-state index contributed by atoms with van der Waals surface area (Å²) in [6.45, 7) is 5.23. The number of alkyl halides is 2. The molecule has 0 bridgehead atoms. The van der Waals surface area contributed by atoms with Crippen LogP contribution in [0.3, 0.4) is 0 Å². The van der Waals surface area contributed by atoms with E-state index in [1.54, 1.807) is 0 Å². The summed E-state index contributed by atoms with van der Waals surface area (Å²) in [5.41, 5.74) is -3.43. The van der Waals surface area contributed by atoms with Gasteiger partial charge in [-0.3, -0.25) is 9.59 Å². The van der Waals surface area contributed by atoms with Gasteiger partial charge in [-0.15, -0.1) is 24.0 Å². The Morgan fingerprint density at radius 3 is 2.63 bits per heavy atom. The lowest BCUT2D eigenvalue weighted by atomic mass is 9.45. The second-order valence-corrected chi connectivity index (χ2v) is 12.0. The lowest BCUT2D eigenvalue weighted by molar-refractivity contribution is -0.201. The molecule has 3 fully saturated rings. The first kappa shape index (κ1) is 24.8. The standard InChI is InChI=1S/C25H27F2NO5S2/c1-11-4-12-13-5-15(26)14-6-17(29)18(33-21(31)16-9-35-10-28-16)7-24(14,3)25(13,27)19(30)8-23(12,2)20(11)22(32)34/h6-7,9-13,15,19-20,30H,4-5,8H2,1-3H3,(H,32,34)/t11-,12+,13-,15+,19+,20+,23+,24+,25+/m1/s1. The molecule has 4 aliphatic carbocycles. The van der Waals surface area contributed by atoms with Crippen molar-refractivity contribution in [3.05, 3.63) is 40.1 Å². The summed E-state index contributed by atoms with van der Waals surface area (Å²) >= 11 is 5.26. The third-order valence-corrected chi connectivity index (χ3v) is 10.0. The molecule has 1 aromatic rings. The molecule has 1 N–H and O–H groups in total. The van der Waals surface area contributed by atoms with Gasteiger partial charge in [-0.25, -0.2) is 18.6 Å². The number of carbonyl (C=O) groups is 3. The third-order valence-electron chi connectivity index (χ3n) is 9.15. The average molecular weight is 524 g/mol. The summed E-state index contributed by atoms with van der Waals surface area (Å²) in [5.74, 6) is -3.87. The van der Waals surface area contributed by atoms with Crippen LogP contribution in [0.15, 0.2) is 34.4 Å². The van der Waals surface area contributed by atoms with E-state index >= 15 is 8.78 Å². The Labute approximate surface area is 211 Å². The topological polar surface area (TPSA) is 93.6 Å². The number of fused-ring (bicyclic) bond motifs is 5. The van der Waals surface area contributed by atoms with Crippen molar-refractivity contribution in [2.45, 2.75) is 58.0 Å². The fourth-order valence-corrected chi connectivity index (χ4v) is 8.78. The number of hydrogen-bond acceptors (Lipinski definition) is 7. The van der Waals surface area contributed by atoms with Gasteiger partial charge in [-0.2, -0.15) is 0 Å². The van der Waals surface area contributed by atoms with Gasteiger partial charge in [0.1, 0.15) is 6.17 Å². The quantitative estimate of drug-likeness (QED) is 0.454. The minimum Gasteiger partial charge on any atom is -0.418 e. The highest BCUT2D eigenvalue weighted by Gasteiger charge is 2.73. The monoisotopic (exact) mass is 523 g/mol. The van der Waals surface area contributed by atoms with Gasteiger partial charge in [0, 0.05) is 17.2 Å². The van der Waals surface area contributed by atoms with Crippen molar-refractivity contribution in [3.63, 3.8) is 0 Å². The number of allylic oxidation sites excluding steroid dienone is 3. The van der Waals surface area contributed by atoms with Crippen LogP contribution < -0.4 is 0 Å². The Bertz CT molecular complexity index is 1170. The first-order valence-corrected chi connectivity index (χ1v) is 13.1. The van der Waals surface area contributed by atoms with Gasteiger partial charge < -0.3 is 9.84 Å². The second kappa shape index (κ2) is 8.05. The van der Waals surface area contributed by atoms with Crippen LogP contribution in [-0.4, -0.2) is 44.9 Å². The molecule has 9 atom stereocenters. The maximum Gasteiger partial charge on any atom is 0.363 e. The summed E-state index contributed by atoms with van der Waals surface area (Å²) in [4.78, 5) is 41.5. The third kappa shape index (κ3) is 3.28. The zero-order valence-corrected chi connectivity index (χ0v) is 21.2. The number of nitrogens with zero attached hydrogens (tertiary/aromatic N) is 1. The number of aliphatic hydroxyl groups is 1. The van der Waals surface area contributed by atoms with E-state index in [1.165, 1.54) is 35.2 Å². The highest BCUT2D eigenvalue weighted by Crippen LogP contribution is 2.70. The van der Waals surface area contributed by atoms with Gasteiger partial charge in [0.05, 0.1) is 17.0 Å². The molecule has 0 spiro atoms. The highest BCUT2D eigenvalue weighted by molar-refractivity contribution is 7.96. The van der Waals surface area contributed by atoms with Crippen LogP contribution in [0.25, 0.3) is 0 Å². The van der Waals surface area contributed by atoms with Crippen molar-refractivity contribution < 1.29 is 33.0 Å². The number of aromatic nitrogens is 1. The summed E-state index contributed by atoms with van der Waals surface area (Å²) in [7, 11) is 0. The molecule has 1 aromatic heterocycles. The Hall–Kier alpha value is -1.91. The summed E-state index contributed by atoms with van der Waals surface area (Å²) in [6.07, 6.45) is -0.683. The molecule has 4 aliphatic rings. The van der Waals surface area contributed by atoms with Crippen LogP contribution in [0.5, 0.6) is 0 Å². The number of ether oxygens (including phenoxy) is 1. The predicted octanol–water partition coefficient (Wildman–Crippen LogP) is 4.27. The van der Waals surface area contributed by atoms with E-state index in [1.807, 2.05) is 13.8 Å². The summed E-state index contributed by atoms with van der Waals surface area (Å²) in [5, 5.41) is 12.5. The number of hydrogen-bond donors (Lipinski definition) is 2. The molecule has 188 valence electrons. The first-order chi connectivity index (χ1) is 16.3. The van der Waals surface area contributed by atoms with E-state index in [4.69, 9.17) is 4.74 Å². The van der Waals surface area contributed by atoms with Crippen molar-refractivity contribution in [2.75, 3.05) is 0 Å². The van der Waals surface area contributed by atoms with E-state index in [0.29, 0.717) is 6.42 Å². The molecular weight excluding hydrogens is 496 g/mol. The largest absolute Gasteiger partial charge is 0.418 e. The lowest BCUT2D eigenvalue weighted by Crippen LogP contribution is -2.68. The minimum absolute atomic E-state index is 0.000597. The number of thiazole rings is 1. The first-order valence-electron chi connectivity index (χ1n) is 11.7. The van der Waals surface area contributed by atoms with Crippen LogP contribution in [0.2, 0.25) is 0 Å². The molecule has 5 rings (SSSR count). The van der Waals surface area contributed by atoms with Crippen molar-refractivity contribution in [1.29, 1.82) is 0 Å². The molecular formula is C25H27F2NO5S2. The molecule has 0 aromatic carbocycles. The van der Waals surface area contributed by atoms with E-state index in [0.717, 1.165) is 6.08 Å². The Balaban J connectivity index is 1.58. The van der Waals surface area contributed by atoms with Gasteiger partial charge >= 0.3 is 5.97 Å². The fraction of sp³-hybridized carbons (Fsp3) is 0.600. The van der Waals surface area contributed by atoms with Crippen LogP contribution in [-0.2, 0) is 14.3 Å². The number of aliphatic hydroxyl groups excluding tert-OH is 1. The van der Waals surface area contributed by atoms with Crippen molar-refractivity contribution in [1.82, 2.24) is 4.98 Å². The maximum atomic E-state index is 17.4. The molecule has 1 heterocycles. The Morgan fingerprint density at radius 1 is 1.29 bits per heavy atom. The predicted molar refractivity (Wildman–Crippen MR) is 127 cm³/mol. The fourth-order valence-electron chi connectivity index (χ4n) is 7.71. The molecule has 0 unspecified atom stereocenters. The normalized spacial score (nSPS) is 44.5. The van der Waals surface area contributed by atoms with E-state index in [2.05, 4.69) is 17.6 Å². The number of thiol groups is 1. The van der Waals surface area contributed by atoms with Crippen molar-refractivity contribution >= 4 is 40.8 Å². The molecule has 10 heteroatoms. The lowest BCUT2D eigenvalue weighted by Gasteiger charge is -2.62. The number of carbonyl (C=O) groups excluding carboxylic acids is 3. The maximum absolute atomic E-state index is 17.4. The zero-order valence-electron chi connectivity index (χ0n) is 19.5. The number of esters is 1. The van der Waals surface area contributed by atoms with Crippen LogP contribution in [0.1, 0.15) is 50.5 Å². The van der Waals surface area contributed by atoms with Crippen LogP contribution >= 0.6 is 24.0 Å². The Morgan fingerprint density at radius 2 is 2.00 bits per heavy atom. The zero-order chi connectivity index (χ0) is 25.5. The summed E-state index contributed by atoms with van der Waals surface area (Å²) in [6, 6.07) is 0. The van der Waals surface area contributed by atoms with Gasteiger partial charge in [0.2, 0.25) is 5.78 Å². The number of halogens is 2. The SMILES string of the molecule is C[C@@H]1C[C@H]2[C@H]3C[C@H](F)C4=CC(=O)C(OC(=O)c5cscn5)=C[C@]4(C)[C@@]3(F)[C@@H](O)C[C@]2(C)[C@@H]1C(=O)S. The van der Waals surface area contributed by atoms with Crippen molar-refractivity contribution in [3.8, 4) is 0 Å². The molecule has 0 aliphatic heterocycles. The van der Waals surface area contributed by atoms with Gasteiger partial charge in [-0.1, -0.05) is 13.8 Å². The minimum atomic E-state index is -2.33. The van der Waals surface area contributed by atoms with Crippen LogP contribution in [0, 0.1) is 34.5 Å². The molecule has 6 nitrogen and oxygen atoms in total. The Kier molecular flexibility index (Phi) is 5.69. The molecule has 3 saturated carbocycles. The summed E-state index contributed by atoms with van der Waals surface area (Å²) < 4.78 is 38.3. The number of rotatable bonds is 3. The second-order valence-electron chi connectivity index (χ2n) is 10.9. The molecule has 35 heavy (non-hydrogen) atoms. The average Bonchev–Trinajstić information content (AvgIpc) is 3.38. The molecule has 0 radical (unpaired) electrons. The van der Waals surface area contributed by atoms with E-state index < -0.39 is 58.1 Å². The van der Waals surface area contributed by atoms with E-state index in [9.17, 15) is 19.5 Å². The van der Waals surface area contributed by atoms with Gasteiger partial charge in [0.25, 0.3) is 0 Å². The van der Waals surface area contributed by atoms with Crippen LogP contribution in [0.4, 0.5) is 8.78 Å². The van der Waals surface area contributed by atoms with Crippen molar-refractivity contribution in [2.24, 2.45) is 34.5 Å².